The number of fused-ring (bicyclic) bond motifs is 1. The van der Waals surface area contributed by atoms with Crippen LogP contribution in [0.2, 0.25) is 0 Å². The first-order chi connectivity index (χ1) is 9.74. The van der Waals surface area contributed by atoms with Crippen LogP contribution in [0.3, 0.4) is 0 Å². The summed E-state index contributed by atoms with van der Waals surface area (Å²) in [6.45, 7) is 3.47. The lowest BCUT2D eigenvalue weighted by Crippen LogP contribution is -2.38. The van der Waals surface area contributed by atoms with Crippen LogP contribution in [0.4, 0.5) is 5.82 Å². The van der Waals surface area contributed by atoms with E-state index >= 15 is 0 Å². The highest BCUT2D eigenvalue weighted by Gasteiger charge is 2.30. The first-order valence-corrected chi connectivity index (χ1v) is 8.37. The van der Waals surface area contributed by atoms with Crippen LogP contribution in [0.1, 0.15) is 19.4 Å². The van der Waals surface area contributed by atoms with E-state index in [4.69, 9.17) is 0 Å². The second-order valence-electron chi connectivity index (χ2n) is 5.57. The monoisotopic (exact) mass is 303 g/mol. The normalized spacial score (nSPS) is 12.1. The molecule has 0 atom stereocenters. The van der Waals surface area contributed by atoms with E-state index in [0.29, 0.717) is 11.4 Å². The molecule has 0 aliphatic heterocycles. The van der Waals surface area contributed by atoms with Crippen molar-refractivity contribution in [1.29, 1.82) is 5.26 Å². The Morgan fingerprint density at radius 1 is 1.33 bits per heavy atom. The zero-order valence-corrected chi connectivity index (χ0v) is 13.0. The maximum Gasteiger partial charge on any atom is 0.154 e. The second kappa shape index (κ2) is 5.34. The molecule has 0 saturated heterocycles. The number of rotatable bonds is 4. The Morgan fingerprint density at radius 2 is 2.00 bits per heavy atom. The number of benzene rings is 1. The zero-order chi connectivity index (χ0) is 15.7. The molecule has 0 aliphatic rings. The molecule has 1 aromatic carbocycles. The smallest absolute Gasteiger partial charge is 0.154 e. The Hall–Kier alpha value is -2.13. The molecule has 0 unspecified atom stereocenters. The third-order valence-electron chi connectivity index (χ3n) is 3.53. The van der Waals surface area contributed by atoms with Gasteiger partial charge in [0.2, 0.25) is 0 Å². The van der Waals surface area contributed by atoms with Crippen molar-refractivity contribution < 1.29 is 8.42 Å². The van der Waals surface area contributed by atoms with Crippen LogP contribution in [-0.4, -0.2) is 30.9 Å². The number of para-hydroxylation sites is 1. The molecule has 0 spiro atoms. The van der Waals surface area contributed by atoms with Crippen molar-refractivity contribution in [2.75, 3.05) is 18.1 Å². The Morgan fingerprint density at radius 3 is 2.62 bits per heavy atom. The van der Waals surface area contributed by atoms with Crippen molar-refractivity contribution in [3.8, 4) is 6.07 Å². The van der Waals surface area contributed by atoms with Crippen LogP contribution in [0.25, 0.3) is 10.9 Å². The molecule has 0 bridgehead atoms. The summed E-state index contributed by atoms with van der Waals surface area (Å²) in [5, 5.41) is 13.1. The molecule has 21 heavy (non-hydrogen) atoms. The highest BCUT2D eigenvalue weighted by atomic mass is 32.2. The molecular formula is C15H17N3O2S. The Labute approximate surface area is 124 Å². The summed E-state index contributed by atoms with van der Waals surface area (Å²) in [7, 11) is -3.21. The minimum Gasteiger partial charge on any atom is -0.367 e. The third-order valence-corrected chi connectivity index (χ3v) is 5.68. The lowest BCUT2D eigenvalue weighted by Gasteiger charge is -2.23. The molecule has 1 heterocycles. The second-order valence-corrected chi connectivity index (χ2v) is 8.22. The summed E-state index contributed by atoms with van der Waals surface area (Å²) in [5.41, 5.74) is 1.16. The molecule has 0 radical (unpaired) electrons. The van der Waals surface area contributed by atoms with Crippen LogP contribution in [-0.2, 0) is 9.84 Å². The van der Waals surface area contributed by atoms with Gasteiger partial charge in [-0.15, -0.1) is 0 Å². The van der Waals surface area contributed by atoms with Crippen molar-refractivity contribution in [3.63, 3.8) is 0 Å². The van der Waals surface area contributed by atoms with Crippen LogP contribution in [0.5, 0.6) is 0 Å². The van der Waals surface area contributed by atoms with Crippen LogP contribution in [0.15, 0.2) is 30.3 Å². The topological polar surface area (TPSA) is 82.8 Å². The molecule has 1 N–H and O–H groups in total. The molecule has 0 fully saturated rings. The number of pyridine rings is 1. The summed E-state index contributed by atoms with van der Waals surface area (Å²) in [6, 6.07) is 11.3. The molecule has 0 amide bonds. The van der Waals surface area contributed by atoms with Crippen molar-refractivity contribution in [2.24, 2.45) is 0 Å². The van der Waals surface area contributed by atoms with E-state index in [1.807, 2.05) is 24.3 Å². The van der Waals surface area contributed by atoms with Gasteiger partial charge in [0.1, 0.15) is 11.9 Å². The van der Waals surface area contributed by atoms with Gasteiger partial charge < -0.3 is 5.32 Å². The predicted octanol–water partition coefficient (Wildman–Crippen LogP) is 2.34. The lowest BCUT2D eigenvalue weighted by atomic mass is 10.1. The molecule has 2 aromatic rings. The van der Waals surface area contributed by atoms with Gasteiger partial charge >= 0.3 is 0 Å². The highest BCUT2D eigenvalue weighted by Crippen LogP contribution is 2.22. The van der Waals surface area contributed by atoms with E-state index < -0.39 is 14.6 Å². The average Bonchev–Trinajstić information content (AvgIpc) is 2.42. The predicted molar refractivity (Wildman–Crippen MR) is 83.9 cm³/mol. The van der Waals surface area contributed by atoms with Crippen LogP contribution in [0, 0.1) is 11.3 Å². The number of anilines is 1. The molecule has 110 valence electrons. The molecule has 0 aliphatic carbocycles. The summed E-state index contributed by atoms with van der Waals surface area (Å²) < 4.78 is 22.5. The fourth-order valence-corrected chi connectivity index (χ4v) is 2.10. The third kappa shape index (κ3) is 3.14. The Kier molecular flexibility index (Phi) is 3.88. The van der Waals surface area contributed by atoms with Gasteiger partial charge in [-0.1, -0.05) is 18.2 Å². The molecule has 0 saturated carbocycles. The number of nitrogens with one attached hydrogen (secondary N) is 1. The molecule has 2 rings (SSSR count). The maximum absolute atomic E-state index is 11.7. The first kappa shape index (κ1) is 15.3. The molecule has 5 nitrogen and oxygen atoms in total. The van der Waals surface area contributed by atoms with E-state index in [-0.39, 0.29) is 6.54 Å². The quantitative estimate of drug-likeness (QED) is 0.937. The number of hydrogen-bond acceptors (Lipinski definition) is 5. The van der Waals surface area contributed by atoms with Gasteiger partial charge in [0.05, 0.1) is 15.8 Å². The molecule has 1 aromatic heterocycles. The van der Waals surface area contributed by atoms with E-state index in [9.17, 15) is 13.7 Å². The number of nitriles is 1. The van der Waals surface area contributed by atoms with Crippen LogP contribution >= 0.6 is 0 Å². The van der Waals surface area contributed by atoms with E-state index in [2.05, 4.69) is 16.4 Å². The van der Waals surface area contributed by atoms with Gasteiger partial charge in [0.25, 0.3) is 0 Å². The number of nitrogens with zero attached hydrogens (tertiary/aromatic N) is 2. The minimum atomic E-state index is -3.21. The van der Waals surface area contributed by atoms with Crippen molar-refractivity contribution >= 4 is 26.6 Å². The van der Waals surface area contributed by atoms with Gasteiger partial charge in [-0.25, -0.2) is 13.4 Å². The van der Waals surface area contributed by atoms with E-state index in [1.165, 1.54) is 6.26 Å². The van der Waals surface area contributed by atoms with Gasteiger partial charge in [-0.05, 0) is 26.0 Å². The Balaban J connectivity index is 2.37. The first-order valence-electron chi connectivity index (χ1n) is 6.48. The number of hydrogen-bond donors (Lipinski definition) is 1. The maximum atomic E-state index is 11.7. The zero-order valence-electron chi connectivity index (χ0n) is 12.2. The number of sulfone groups is 1. The van der Waals surface area contributed by atoms with Gasteiger partial charge in [-0.3, -0.25) is 0 Å². The van der Waals surface area contributed by atoms with Gasteiger partial charge in [-0.2, -0.15) is 5.26 Å². The standard InChI is InChI=1S/C15H17N3O2S/c1-15(2,21(3,19)20)10-17-14-12(9-16)8-11-6-4-5-7-13(11)18-14/h4-8H,10H2,1-3H3,(H,17,18). The fourth-order valence-electron chi connectivity index (χ4n) is 1.76. The number of aromatic nitrogens is 1. The summed E-state index contributed by atoms with van der Waals surface area (Å²) in [4.78, 5) is 4.40. The summed E-state index contributed by atoms with van der Waals surface area (Å²) in [6.07, 6.45) is 1.20. The highest BCUT2D eigenvalue weighted by molar-refractivity contribution is 7.92. The van der Waals surface area contributed by atoms with Gasteiger partial charge in [0.15, 0.2) is 9.84 Å². The molecular weight excluding hydrogens is 286 g/mol. The summed E-state index contributed by atoms with van der Waals surface area (Å²) >= 11 is 0. The Bertz CT molecular complexity index is 820. The fraction of sp³-hybridized carbons (Fsp3) is 0.333. The van der Waals surface area contributed by atoms with Crippen molar-refractivity contribution in [1.82, 2.24) is 4.98 Å². The molecule has 6 heteroatoms. The van der Waals surface area contributed by atoms with Crippen molar-refractivity contribution in [2.45, 2.75) is 18.6 Å². The summed E-state index contributed by atoms with van der Waals surface area (Å²) in [5.74, 6) is 0.410. The van der Waals surface area contributed by atoms with Gasteiger partial charge in [0, 0.05) is 18.2 Å². The van der Waals surface area contributed by atoms with E-state index in [0.717, 1.165) is 10.9 Å². The largest absolute Gasteiger partial charge is 0.367 e. The van der Waals surface area contributed by atoms with Crippen molar-refractivity contribution in [3.05, 3.63) is 35.9 Å². The minimum absolute atomic E-state index is 0.186. The SMILES string of the molecule is CC(C)(CNc1nc2ccccc2cc1C#N)S(C)(=O)=O. The van der Waals surface area contributed by atoms with Crippen LogP contribution < -0.4 is 5.32 Å². The lowest BCUT2D eigenvalue weighted by molar-refractivity contribution is 0.559. The van der Waals surface area contributed by atoms with E-state index in [1.54, 1.807) is 19.9 Å². The average molecular weight is 303 g/mol.